The minimum atomic E-state index is -0.651. The molecule has 0 aromatic heterocycles. The Morgan fingerprint density at radius 1 is 0.861 bits per heavy atom. The van der Waals surface area contributed by atoms with Gasteiger partial charge in [-0.15, -0.1) is 11.8 Å². The van der Waals surface area contributed by atoms with Crippen LogP contribution in [-0.4, -0.2) is 18.4 Å². The normalized spacial score (nSPS) is 11.4. The monoisotopic (exact) mass is 564 g/mol. The first-order valence-corrected chi connectivity index (χ1v) is 12.7. The number of benzene rings is 4. The SMILES string of the molecule is O=C(COc1ccccc1)Nc1cccc(SC(C(=O)Nc2ccc(Br)cc2F)c2ccccc2)c1. The second kappa shape index (κ2) is 12.4. The fourth-order valence-corrected chi connectivity index (χ4v) is 4.75. The molecule has 5 nitrogen and oxygen atoms in total. The van der Waals surface area contributed by atoms with Crippen LogP contribution in [0.25, 0.3) is 0 Å². The third kappa shape index (κ3) is 7.19. The van der Waals surface area contributed by atoms with Crippen LogP contribution in [0.5, 0.6) is 5.75 Å². The number of anilines is 2. The van der Waals surface area contributed by atoms with E-state index in [-0.39, 0.29) is 24.1 Å². The molecular weight excluding hydrogens is 543 g/mol. The van der Waals surface area contributed by atoms with Gasteiger partial charge in [-0.1, -0.05) is 70.5 Å². The molecule has 0 saturated heterocycles. The molecule has 36 heavy (non-hydrogen) atoms. The Labute approximate surface area is 221 Å². The number of thioether (sulfide) groups is 1. The van der Waals surface area contributed by atoms with Crippen LogP contribution in [0.2, 0.25) is 0 Å². The van der Waals surface area contributed by atoms with Crippen LogP contribution in [-0.2, 0) is 9.59 Å². The van der Waals surface area contributed by atoms with Gasteiger partial charge in [0.1, 0.15) is 16.8 Å². The topological polar surface area (TPSA) is 67.4 Å². The Balaban J connectivity index is 1.47. The van der Waals surface area contributed by atoms with E-state index < -0.39 is 11.1 Å². The third-order valence-corrected chi connectivity index (χ3v) is 6.76. The maximum absolute atomic E-state index is 14.3. The highest BCUT2D eigenvalue weighted by Crippen LogP contribution is 2.37. The van der Waals surface area contributed by atoms with E-state index in [1.165, 1.54) is 23.9 Å². The van der Waals surface area contributed by atoms with Gasteiger partial charge in [-0.05, 0) is 54.1 Å². The molecule has 0 heterocycles. The van der Waals surface area contributed by atoms with Gasteiger partial charge in [-0.2, -0.15) is 0 Å². The quantitative estimate of drug-likeness (QED) is 0.213. The zero-order valence-corrected chi connectivity index (χ0v) is 21.4. The summed E-state index contributed by atoms with van der Waals surface area (Å²) in [5.74, 6) is -0.588. The van der Waals surface area contributed by atoms with E-state index in [1.54, 1.807) is 36.4 Å². The van der Waals surface area contributed by atoms with Crippen molar-refractivity contribution in [2.75, 3.05) is 17.2 Å². The molecule has 1 unspecified atom stereocenters. The molecule has 4 aromatic rings. The number of para-hydroxylation sites is 1. The van der Waals surface area contributed by atoms with Gasteiger partial charge in [0.25, 0.3) is 5.91 Å². The van der Waals surface area contributed by atoms with Crippen LogP contribution in [0.15, 0.2) is 112 Å². The summed E-state index contributed by atoms with van der Waals surface area (Å²) in [6, 6.07) is 30.0. The van der Waals surface area contributed by atoms with Crippen molar-refractivity contribution in [3.63, 3.8) is 0 Å². The molecule has 182 valence electrons. The van der Waals surface area contributed by atoms with E-state index in [1.807, 2.05) is 54.6 Å². The van der Waals surface area contributed by atoms with Crippen LogP contribution >= 0.6 is 27.7 Å². The standard InChI is InChI=1S/C28H22BrFN2O3S/c29-20-14-15-25(24(30)16-20)32-28(34)27(19-8-3-1-4-9-19)36-23-13-7-10-21(17-23)31-26(33)18-35-22-11-5-2-6-12-22/h1-17,27H,18H2,(H,31,33)(H,32,34). The molecule has 0 saturated carbocycles. The Morgan fingerprint density at radius 2 is 1.58 bits per heavy atom. The lowest BCUT2D eigenvalue weighted by Crippen LogP contribution is -2.20. The van der Waals surface area contributed by atoms with Gasteiger partial charge < -0.3 is 15.4 Å². The van der Waals surface area contributed by atoms with Gasteiger partial charge in [0, 0.05) is 15.1 Å². The zero-order chi connectivity index (χ0) is 25.3. The van der Waals surface area contributed by atoms with Crippen LogP contribution in [0.1, 0.15) is 10.8 Å². The fourth-order valence-electron chi connectivity index (χ4n) is 3.34. The lowest BCUT2D eigenvalue weighted by molar-refractivity contribution is -0.118. The molecule has 2 N–H and O–H groups in total. The fraction of sp³-hybridized carbons (Fsp3) is 0.0714. The average molecular weight is 565 g/mol. The summed E-state index contributed by atoms with van der Waals surface area (Å²) in [5.41, 5.74) is 1.44. The lowest BCUT2D eigenvalue weighted by atomic mass is 10.1. The van der Waals surface area contributed by atoms with Gasteiger partial charge >= 0.3 is 0 Å². The summed E-state index contributed by atoms with van der Waals surface area (Å²) in [7, 11) is 0. The van der Waals surface area contributed by atoms with Crippen molar-refractivity contribution < 1.29 is 18.7 Å². The van der Waals surface area contributed by atoms with Crippen LogP contribution in [0, 0.1) is 5.82 Å². The summed E-state index contributed by atoms with van der Waals surface area (Å²) < 4.78 is 20.4. The molecule has 0 aliphatic heterocycles. The molecule has 0 fully saturated rings. The lowest BCUT2D eigenvalue weighted by Gasteiger charge is -2.18. The summed E-state index contributed by atoms with van der Waals surface area (Å²) in [6.45, 7) is -0.130. The van der Waals surface area contributed by atoms with Crippen molar-refractivity contribution in [3.05, 3.63) is 119 Å². The minimum absolute atomic E-state index is 0.101. The van der Waals surface area contributed by atoms with Gasteiger partial charge in [-0.3, -0.25) is 9.59 Å². The number of ether oxygens (including phenoxy) is 1. The molecular formula is C28H22BrFN2O3S. The van der Waals surface area contributed by atoms with E-state index in [2.05, 4.69) is 26.6 Å². The molecule has 1 atom stereocenters. The van der Waals surface area contributed by atoms with Crippen molar-refractivity contribution in [1.29, 1.82) is 0 Å². The number of nitrogens with one attached hydrogen (secondary N) is 2. The van der Waals surface area contributed by atoms with E-state index in [4.69, 9.17) is 4.74 Å². The number of hydrogen-bond donors (Lipinski definition) is 2. The second-order valence-corrected chi connectivity index (χ2v) is 9.79. The highest BCUT2D eigenvalue weighted by molar-refractivity contribution is 9.10. The number of halogens is 2. The zero-order valence-electron chi connectivity index (χ0n) is 19.0. The molecule has 8 heteroatoms. The predicted octanol–water partition coefficient (Wildman–Crippen LogP) is 7.08. The molecule has 0 aliphatic rings. The van der Waals surface area contributed by atoms with Crippen molar-refractivity contribution in [1.82, 2.24) is 0 Å². The maximum atomic E-state index is 14.3. The number of carbonyl (C=O) groups excluding carboxylic acids is 2. The average Bonchev–Trinajstić information content (AvgIpc) is 2.89. The molecule has 4 rings (SSSR count). The van der Waals surface area contributed by atoms with E-state index in [0.717, 1.165) is 10.5 Å². The first-order chi connectivity index (χ1) is 17.5. The van der Waals surface area contributed by atoms with Crippen molar-refractivity contribution in [2.24, 2.45) is 0 Å². The molecule has 0 bridgehead atoms. The summed E-state index contributed by atoms with van der Waals surface area (Å²) in [6.07, 6.45) is 0. The Bertz CT molecular complexity index is 1340. The summed E-state index contributed by atoms with van der Waals surface area (Å²) >= 11 is 4.53. The number of rotatable bonds is 9. The predicted molar refractivity (Wildman–Crippen MR) is 145 cm³/mol. The smallest absolute Gasteiger partial charge is 0.262 e. The number of amides is 2. The van der Waals surface area contributed by atoms with Crippen LogP contribution in [0.4, 0.5) is 15.8 Å². The van der Waals surface area contributed by atoms with E-state index in [9.17, 15) is 14.0 Å². The molecule has 0 radical (unpaired) electrons. The maximum Gasteiger partial charge on any atom is 0.262 e. The van der Waals surface area contributed by atoms with Crippen molar-refractivity contribution in [3.8, 4) is 5.75 Å². The highest BCUT2D eigenvalue weighted by atomic mass is 79.9. The van der Waals surface area contributed by atoms with Gasteiger partial charge in [0.05, 0.1) is 5.69 Å². The third-order valence-electron chi connectivity index (χ3n) is 5.01. The molecule has 4 aromatic carbocycles. The first-order valence-electron chi connectivity index (χ1n) is 11.0. The number of carbonyl (C=O) groups is 2. The van der Waals surface area contributed by atoms with Crippen molar-refractivity contribution in [2.45, 2.75) is 10.1 Å². The number of hydrogen-bond acceptors (Lipinski definition) is 4. The molecule has 0 spiro atoms. The molecule has 2 amide bonds. The van der Waals surface area contributed by atoms with Crippen LogP contribution in [0.3, 0.4) is 0 Å². The summed E-state index contributed by atoms with van der Waals surface area (Å²) in [4.78, 5) is 26.4. The largest absolute Gasteiger partial charge is 0.484 e. The van der Waals surface area contributed by atoms with Crippen molar-refractivity contribution >= 4 is 50.9 Å². The highest BCUT2D eigenvalue weighted by Gasteiger charge is 2.23. The Kier molecular flexibility index (Phi) is 8.76. The Hall–Kier alpha value is -3.62. The van der Waals surface area contributed by atoms with Gasteiger partial charge in [-0.25, -0.2) is 4.39 Å². The van der Waals surface area contributed by atoms with Crippen LogP contribution < -0.4 is 15.4 Å². The minimum Gasteiger partial charge on any atom is -0.484 e. The van der Waals surface area contributed by atoms with E-state index >= 15 is 0 Å². The van der Waals surface area contributed by atoms with Gasteiger partial charge in [0.15, 0.2) is 6.61 Å². The van der Waals surface area contributed by atoms with Gasteiger partial charge in [0.2, 0.25) is 5.91 Å². The van der Waals surface area contributed by atoms with E-state index in [0.29, 0.717) is 15.9 Å². The summed E-state index contributed by atoms with van der Waals surface area (Å²) in [5, 5.41) is 4.86. The first kappa shape index (κ1) is 25.5. The Morgan fingerprint density at radius 3 is 2.31 bits per heavy atom. The second-order valence-electron chi connectivity index (χ2n) is 7.70. The molecule has 0 aliphatic carbocycles.